The highest BCUT2D eigenvalue weighted by Crippen LogP contribution is 2.04. The number of ether oxygens (including phenoxy) is 1. The highest BCUT2D eigenvalue weighted by Gasteiger charge is 2.02. The van der Waals surface area contributed by atoms with Crippen LogP contribution in [0.1, 0.15) is 31.7 Å². The van der Waals surface area contributed by atoms with Crippen molar-refractivity contribution >= 4 is 5.78 Å². The lowest BCUT2D eigenvalue weighted by Gasteiger charge is -2.02. The van der Waals surface area contributed by atoms with Gasteiger partial charge in [0, 0.05) is 19.4 Å². The molecular formula is C14H20O2. The van der Waals surface area contributed by atoms with Gasteiger partial charge in [0.1, 0.15) is 5.78 Å². The molecule has 1 rings (SSSR count). The second-order valence-corrected chi connectivity index (χ2v) is 3.89. The van der Waals surface area contributed by atoms with Crippen LogP contribution in [0.3, 0.4) is 0 Å². The Morgan fingerprint density at radius 3 is 2.56 bits per heavy atom. The number of rotatable bonds is 8. The smallest absolute Gasteiger partial charge is 0.135 e. The molecule has 0 aliphatic rings. The van der Waals surface area contributed by atoms with Crippen LogP contribution < -0.4 is 0 Å². The zero-order valence-electron chi connectivity index (χ0n) is 9.95. The SMILES string of the molecule is CCCOCCC(=O)CCc1ccccc1. The number of benzene rings is 1. The van der Waals surface area contributed by atoms with Gasteiger partial charge in [0.2, 0.25) is 0 Å². The van der Waals surface area contributed by atoms with Crippen molar-refractivity contribution in [1.29, 1.82) is 0 Å². The number of carbonyl (C=O) groups is 1. The largest absolute Gasteiger partial charge is 0.381 e. The first kappa shape index (κ1) is 12.9. The van der Waals surface area contributed by atoms with Crippen molar-refractivity contribution in [2.24, 2.45) is 0 Å². The molecule has 1 aromatic rings. The zero-order valence-corrected chi connectivity index (χ0v) is 9.95. The molecule has 0 unspecified atom stereocenters. The fourth-order valence-corrected chi connectivity index (χ4v) is 1.49. The fraction of sp³-hybridized carbons (Fsp3) is 0.500. The molecule has 0 fully saturated rings. The van der Waals surface area contributed by atoms with E-state index >= 15 is 0 Å². The number of aryl methyl sites for hydroxylation is 1. The van der Waals surface area contributed by atoms with Gasteiger partial charge >= 0.3 is 0 Å². The van der Waals surface area contributed by atoms with E-state index in [9.17, 15) is 4.79 Å². The molecule has 16 heavy (non-hydrogen) atoms. The molecule has 0 spiro atoms. The maximum atomic E-state index is 11.5. The predicted molar refractivity (Wildman–Crippen MR) is 65.5 cm³/mol. The van der Waals surface area contributed by atoms with E-state index in [0.29, 0.717) is 25.2 Å². The molecule has 2 nitrogen and oxygen atoms in total. The number of ketones is 1. The van der Waals surface area contributed by atoms with Gasteiger partial charge < -0.3 is 4.74 Å². The molecule has 88 valence electrons. The van der Waals surface area contributed by atoms with Gasteiger partial charge in [0.15, 0.2) is 0 Å². The van der Waals surface area contributed by atoms with E-state index in [-0.39, 0.29) is 0 Å². The molecule has 0 amide bonds. The molecule has 0 saturated carbocycles. The third-order valence-corrected chi connectivity index (χ3v) is 2.41. The van der Waals surface area contributed by atoms with E-state index in [1.165, 1.54) is 5.56 Å². The molecular weight excluding hydrogens is 200 g/mol. The van der Waals surface area contributed by atoms with E-state index in [1.807, 2.05) is 18.2 Å². The third kappa shape index (κ3) is 5.66. The Hall–Kier alpha value is -1.15. The standard InChI is InChI=1S/C14H20O2/c1-2-11-16-12-10-14(15)9-8-13-6-4-3-5-7-13/h3-7H,2,8-12H2,1H3. The van der Waals surface area contributed by atoms with E-state index < -0.39 is 0 Å². The maximum absolute atomic E-state index is 11.5. The van der Waals surface area contributed by atoms with Crippen molar-refractivity contribution in [2.45, 2.75) is 32.6 Å². The molecule has 0 heterocycles. The van der Waals surface area contributed by atoms with Gasteiger partial charge in [0.25, 0.3) is 0 Å². The molecule has 0 aromatic heterocycles. The van der Waals surface area contributed by atoms with Crippen LogP contribution in [-0.4, -0.2) is 19.0 Å². The summed E-state index contributed by atoms with van der Waals surface area (Å²) in [6.45, 7) is 3.39. The van der Waals surface area contributed by atoms with E-state index in [2.05, 4.69) is 19.1 Å². The number of hydrogen-bond donors (Lipinski definition) is 0. The Balaban J connectivity index is 2.11. The monoisotopic (exact) mass is 220 g/mol. The highest BCUT2D eigenvalue weighted by molar-refractivity contribution is 5.78. The van der Waals surface area contributed by atoms with Crippen LogP contribution in [0.5, 0.6) is 0 Å². The van der Waals surface area contributed by atoms with Gasteiger partial charge in [0.05, 0.1) is 6.61 Å². The summed E-state index contributed by atoms with van der Waals surface area (Å²) in [6.07, 6.45) is 3.03. The number of carbonyl (C=O) groups excluding carboxylic acids is 1. The molecule has 0 saturated heterocycles. The molecule has 0 atom stereocenters. The molecule has 0 N–H and O–H groups in total. The van der Waals surface area contributed by atoms with Gasteiger partial charge in [-0.05, 0) is 18.4 Å². The van der Waals surface area contributed by atoms with E-state index in [4.69, 9.17) is 4.74 Å². The first-order chi connectivity index (χ1) is 7.83. The lowest BCUT2D eigenvalue weighted by Crippen LogP contribution is -2.05. The Kier molecular flexibility index (Phi) is 6.50. The normalized spacial score (nSPS) is 10.3. The minimum absolute atomic E-state index is 0.292. The maximum Gasteiger partial charge on any atom is 0.135 e. The van der Waals surface area contributed by atoms with Gasteiger partial charge in [-0.3, -0.25) is 4.79 Å². The topological polar surface area (TPSA) is 26.3 Å². The predicted octanol–water partition coefficient (Wildman–Crippen LogP) is 3.01. The minimum atomic E-state index is 0.292. The van der Waals surface area contributed by atoms with E-state index in [0.717, 1.165) is 19.4 Å². The molecule has 0 aliphatic carbocycles. The first-order valence-electron chi connectivity index (χ1n) is 5.96. The summed E-state index contributed by atoms with van der Waals surface area (Å²) in [6, 6.07) is 10.1. The zero-order chi connectivity index (χ0) is 11.6. The molecule has 0 radical (unpaired) electrons. The summed E-state index contributed by atoms with van der Waals surface area (Å²) in [5, 5.41) is 0. The van der Waals surface area contributed by atoms with Crippen LogP contribution in [0.15, 0.2) is 30.3 Å². The second kappa shape index (κ2) is 8.05. The molecule has 2 heteroatoms. The van der Waals surface area contributed by atoms with Gasteiger partial charge in [-0.15, -0.1) is 0 Å². The minimum Gasteiger partial charge on any atom is -0.381 e. The Labute approximate surface area is 97.6 Å². The van der Waals surface area contributed by atoms with Crippen LogP contribution in [0, 0.1) is 0 Å². The lowest BCUT2D eigenvalue weighted by molar-refractivity contribution is -0.120. The number of Topliss-reactive ketones (excluding diaryl/α,β-unsaturated/α-hetero) is 1. The second-order valence-electron chi connectivity index (χ2n) is 3.89. The fourth-order valence-electron chi connectivity index (χ4n) is 1.49. The van der Waals surface area contributed by atoms with Crippen LogP contribution in [0.25, 0.3) is 0 Å². The summed E-state index contributed by atoms with van der Waals surface area (Å²) in [4.78, 5) is 11.5. The van der Waals surface area contributed by atoms with Crippen LogP contribution in [0.2, 0.25) is 0 Å². The van der Waals surface area contributed by atoms with Crippen molar-refractivity contribution in [3.63, 3.8) is 0 Å². The first-order valence-corrected chi connectivity index (χ1v) is 5.96. The molecule has 0 aliphatic heterocycles. The summed E-state index contributed by atoms with van der Waals surface area (Å²) < 4.78 is 5.28. The Bertz CT molecular complexity index is 293. The Morgan fingerprint density at radius 2 is 1.88 bits per heavy atom. The van der Waals surface area contributed by atoms with Gasteiger partial charge in [-0.25, -0.2) is 0 Å². The van der Waals surface area contributed by atoms with E-state index in [1.54, 1.807) is 0 Å². The van der Waals surface area contributed by atoms with Crippen molar-refractivity contribution in [2.75, 3.05) is 13.2 Å². The third-order valence-electron chi connectivity index (χ3n) is 2.41. The van der Waals surface area contributed by atoms with Crippen molar-refractivity contribution in [3.8, 4) is 0 Å². The van der Waals surface area contributed by atoms with Crippen LogP contribution >= 0.6 is 0 Å². The summed E-state index contributed by atoms with van der Waals surface area (Å²) in [5.41, 5.74) is 1.23. The van der Waals surface area contributed by atoms with Gasteiger partial charge in [-0.1, -0.05) is 37.3 Å². The van der Waals surface area contributed by atoms with Crippen LogP contribution in [-0.2, 0) is 16.0 Å². The average Bonchev–Trinajstić information content (AvgIpc) is 2.33. The van der Waals surface area contributed by atoms with Crippen LogP contribution in [0.4, 0.5) is 0 Å². The molecule has 0 bridgehead atoms. The Morgan fingerprint density at radius 1 is 1.12 bits per heavy atom. The van der Waals surface area contributed by atoms with Gasteiger partial charge in [-0.2, -0.15) is 0 Å². The van der Waals surface area contributed by atoms with Crippen molar-refractivity contribution < 1.29 is 9.53 Å². The highest BCUT2D eigenvalue weighted by atomic mass is 16.5. The van der Waals surface area contributed by atoms with Crippen molar-refractivity contribution in [3.05, 3.63) is 35.9 Å². The summed E-state index contributed by atoms with van der Waals surface area (Å²) in [5.74, 6) is 0.292. The lowest BCUT2D eigenvalue weighted by atomic mass is 10.1. The molecule has 1 aromatic carbocycles. The average molecular weight is 220 g/mol. The van der Waals surface area contributed by atoms with Crippen molar-refractivity contribution in [1.82, 2.24) is 0 Å². The summed E-state index contributed by atoms with van der Waals surface area (Å²) >= 11 is 0. The quantitative estimate of drug-likeness (QED) is 0.629. The summed E-state index contributed by atoms with van der Waals surface area (Å²) in [7, 11) is 0. The number of hydrogen-bond acceptors (Lipinski definition) is 2.